The van der Waals surface area contributed by atoms with Crippen molar-refractivity contribution in [3.63, 3.8) is 0 Å². The zero-order valence-electron chi connectivity index (χ0n) is 9.92. The van der Waals surface area contributed by atoms with E-state index in [1.54, 1.807) is 16.5 Å². The lowest BCUT2D eigenvalue weighted by Gasteiger charge is -2.04. The predicted molar refractivity (Wildman–Crippen MR) is 75.9 cm³/mol. The first kappa shape index (κ1) is 13.1. The number of pyridine rings is 1. The number of fused-ring (bicyclic) bond motifs is 1. The molecule has 98 valence electrons. The van der Waals surface area contributed by atoms with E-state index in [9.17, 15) is 4.39 Å². The van der Waals surface area contributed by atoms with Crippen LogP contribution in [0.4, 0.5) is 4.39 Å². The highest BCUT2D eigenvalue weighted by Gasteiger charge is 2.14. The van der Waals surface area contributed by atoms with Crippen LogP contribution in [0, 0.1) is 17.1 Å². The summed E-state index contributed by atoms with van der Waals surface area (Å²) in [4.78, 5) is 0.383. The van der Waals surface area contributed by atoms with Crippen molar-refractivity contribution in [1.29, 1.82) is 5.26 Å². The summed E-state index contributed by atoms with van der Waals surface area (Å²) < 4.78 is 16.1. The van der Waals surface area contributed by atoms with Crippen molar-refractivity contribution < 1.29 is 4.39 Å². The van der Waals surface area contributed by atoms with Crippen molar-refractivity contribution in [2.24, 2.45) is 0 Å². The van der Waals surface area contributed by atoms with Crippen LogP contribution in [0.15, 0.2) is 51.1 Å². The number of benzene rings is 1. The van der Waals surface area contributed by atoms with Crippen LogP contribution in [-0.4, -0.2) is 14.6 Å². The van der Waals surface area contributed by atoms with E-state index in [1.165, 1.54) is 0 Å². The SMILES string of the molecule is N#Cc1ccc(Sc2nnc3ccccn23)c(F)c1Br. The smallest absolute Gasteiger partial charge is 0.200 e. The Morgan fingerprint density at radius 1 is 1.25 bits per heavy atom. The van der Waals surface area contributed by atoms with Gasteiger partial charge in [0.1, 0.15) is 6.07 Å². The number of aromatic nitrogens is 3. The van der Waals surface area contributed by atoms with E-state index < -0.39 is 5.82 Å². The van der Waals surface area contributed by atoms with Gasteiger partial charge in [0.25, 0.3) is 0 Å². The first-order valence-electron chi connectivity index (χ1n) is 5.56. The van der Waals surface area contributed by atoms with Crippen LogP contribution >= 0.6 is 27.7 Å². The van der Waals surface area contributed by atoms with E-state index in [0.717, 1.165) is 11.8 Å². The zero-order valence-corrected chi connectivity index (χ0v) is 12.3. The first-order chi connectivity index (χ1) is 9.70. The number of nitriles is 1. The summed E-state index contributed by atoms with van der Waals surface area (Å²) >= 11 is 4.25. The normalized spacial score (nSPS) is 10.7. The molecule has 0 amide bonds. The fourth-order valence-corrected chi connectivity index (χ4v) is 3.11. The van der Waals surface area contributed by atoms with Gasteiger partial charge in [-0.25, -0.2) is 4.39 Å². The highest BCUT2D eigenvalue weighted by molar-refractivity contribution is 9.10. The first-order valence-corrected chi connectivity index (χ1v) is 7.17. The molecule has 1 aromatic carbocycles. The molecule has 0 atom stereocenters. The molecule has 0 aliphatic heterocycles. The maximum Gasteiger partial charge on any atom is 0.200 e. The van der Waals surface area contributed by atoms with E-state index in [2.05, 4.69) is 26.1 Å². The molecule has 0 saturated carbocycles. The van der Waals surface area contributed by atoms with Gasteiger partial charge in [-0.1, -0.05) is 6.07 Å². The fraction of sp³-hybridized carbons (Fsp3) is 0. The topological polar surface area (TPSA) is 54.0 Å². The second-order valence-corrected chi connectivity index (χ2v) is 5.67. The Labute approximate surface area is 126 Å². The highest BCUT2D eigenvalue weighted by Crippen LogP contribution is 2.33. The van der Waals surface area contributed by atoms with Gasteiger partial charge in [-0.15, -0.1) is 10.2 Å². The van der Waals surface area contributed by atoms with Gasteiger partial charge in [0.2, 0.25) is 5.16 Å². The Morgan fingerprint density at radius 2 is 2.10 bits per heavy atom. The maximum atomic E-state index is 14.2. The van der Waals surface area contributed by atoms with Gasteiger partial charge in [0, 0.05) is 6.20 Å². The second kappa shape index (κ2) is 5.23. The van der Waals surface area contributed by atoms with Gasteiger partial charge >= 0.3 is 0 Å². The summed E-state index contributed by atoms with van der Waals surface area (Å²) in [7, 11) is 0. The Hall–Kier alpha value is -1.91. The second-order valence-electron chi connectivity index (χ2n) is 3.86. The van der Waals surface area contributed by atoms with Crippen molar-refractivity contribution >= 4 is 33.3 Å². The third-order valence-electron chi connectivity index (χ3n) is 2.65. The average molecular weight is 349 g/mol. The fourth-order valence-electron chi connectivity index (χ4n) is 1.68. The minimum atomic E-state index is -0.471. The molecule has 0 N–H and O–H groups in total. The van der Waals surface area contributed by atoms with E-state index in [4.69, 9.17) is 5.26 Å². The van der Waals surface area contributed by atoms with Crippen molar-refractivity contribution in [1.82, 2.24) is 14.6 Å². The third-order valence-corrected chi connectivity index (χ3v) is 4.42. The van der Waals surface area contributed by atoms with Crippen molar-refractivity contribution in [2.45, 2.75) is 10.1 Å². The third kappa shape index (κ3) is 2.17. The van der Waals surface area contributed by atoms with Gasteiger partial charge < -0.3 is 0 Å². The molecule has 3 rings (SSSR count). The lowest BCUT2D eigenvalue weighted by molar-refractivity contribution is 0.594. The number of rotatable bonds is 2. The molecule has 0 aliphatic carbocycles. The summed E-state index contributed by atoms with van der Waals surface area (Å²) in [6.07, 6.45) is 1.81. The predicted octanol–water partition coefficient (Wildman–Crippen LogP) is 3.65. The molecule has 2 heterocycles. The molecule has 0 spiro atoms. The highest BCUT2D eigenvalue weighted by atomic mass is 79.9. The molecule has 0 bridgehead atoms. The van der Waals surface area contributed by atoms with E-state index in [1.807, 2.05) is 30.5 Å². The van der Waals surface area contributed by atoms with Crippen molar-refractivity contribution in [2.75, 3.05) is 0 Å². The Bertz CT molecular complexity index is 840. The van der Waals surface area contributed by atoms with Crippen LogP contribution in [0.25, 0.3) is 5.65 Å². The maximum absolute atomic E-state index is 14.2. The van der Waals surface area contributed by atoms with Gasteiger partial charge in [-0.3, -0.25) is 4.40 Å². The Morgan fingerprint density at radius 3 is 2.90 bits per heavy atom. The molecule has 0 unspecified atom stereocenters. The van der Waals surface area contributed by atoms with Crippen LogP contribution in [0.2, 0.25) is 0 Å². The molecule has 0 radical (unpaired) electrons. The molecule has 7 heteroatoms. The zero-order chi connectivity index (χ0) is 14.1. The van der Waals surface area contributed by atoms with Crippen LogP contribution in [0.5, 0.6) is 0 Å². The molecule has 0 fully saturated rings. The number of nitrogens with zero attached hydrogens (tertiary/aromatic N) is 4. The molecule has 0 saturated heterocycles. The molecule has 4 nitrogen and oxygen atoms in total. The van der Waals surface area contributed by atoms with Gasteiger partial charge in [-0.2, -0.15) is 5.26 Å². The summed E-state index contributed by atoms with van der Waals surface area (Å²) in [6.45, 7) is 0. The molecular formula is C13H6BrFN4S. The van der Waals surface area contributed by atoms with Crippen LogP contribution < -0.4 is 0 Å². The van der Waals surface area contributed by atoms with Gasteiger partial charge in [0.15, 0.2) is 11.5 Å². The van der Waals surface area contributed by atoms with Crippen molar-refractivity contribution in [3.05, 3.63) is 52.4 Å². The van der Waals surface area contributed by atoms with Gasteiger partial charge in [-0.05, 0) is 52.0 Å². The summed E-state index contributed by atoms with van der Waals surface area (Å²) in [5, 5.41) is 17.5. The summed E-state index contributed by atoms with van der Waals surface area (Å²) in [5.74, 6) is -0.471. The van der Waals surface area contributed by atoms with Crippen LogP contribution in [0.3, 0.4) is 0 Å². The standard InChI is InChI=1S/C13H6BrFN4S/c14-11-8(7-16)4-5-9(12(11)15)20-13-18-17-10-3-1-2-6-19(10)13/h1-6H. The van der Waals surface area contributed by atoms with E-state index >= 15 is 0 Å². The summed E-state index contributed by atoms with van der Waals surface area (Å²) in [6, 6.07) is 10.6. The molecule has 2 aromatic heterocycles. The molecule has 3 aromatic rings. The average Bonchev–Trinajstić information content (AvgIpc) is 2.88. The minimum Gasteiger partial charge on any atom is -0.277 e. The quantitative estimate of drug-likeness (QED) is 0.709. The Kier molecular flexibility index (Phi) is 3.42. The molecule has 0 aliphatic rings. The van der Waals surface area contributed by atoms with E-state index in [-0.39, 0.29) is 10.0 Å². The van der Waals surface area contributed by atoms with Gasteiger partial charge in [0.05, 0.1) is 14.9 Å². The largest absolute Gasteiger partial charge is 0.277 e. The monoisotopic (exact) mass is 348 g/mol. The lowest BCUT2D eigenvalue weighted by Crippen LogP contribution is -1.90. The lowest BCUT2D eigenvalue weighted by atomic mass is 10.2. The number of halogens is 2. The number of hydrogen-bond donors (Lipinski definition) is 0. The molecule has 20 heavy (non-hydrogen) atoms. The number of hydrogen-bond acceptors (Lipinski definition) is 4. The van der Waals surface area contributed by atoms with E-state index in [0.29, 0.717) is 15.7 Å². The summed E-state index contributed by atoms with van der Waals surface area (Å²) in [5.41, 5.74) is 0.959. The van der Waals surface area contributed by atoms with Crippen LogP contribution in [0.1, 0.15) is 5.56 Å². The Balaban J connectivity index is 2.04. The minimum absolute atomic E-state index is 0.166. The van der Waals surface area contributed by atoms with Crippen molar-refractivity contribution in [3.8, 4) is 6.07 Å². The van der Waals surface area contributed by atoms with Crippen LogP contribution in [-0.2, 0) is 0 Å². The molecular weight excluding hydrogens is 343 g/mol.